The first-order chi connectivity index (χ1) is 13.8. The number of amides is 1. The molecule has 0 spiro atoms. The molecule has 0 saturated heterocycles. The summed E-state index contributed by atoms with van der Waals surface area (Å²) in [6, 6.07) is 10.3. The van der Waals surface area contributed by atoms with Crippen LogP contribution in [0, 0.1) is 0 Å². The molecule has 6 heteroatoms. The second-order valence-corrected chi connectivity index (χ2v) is 8.19. The molecule has 1 atom stereocenters. The Bertz CT molecular complexity index is 904. The predicted octanol–water partition coefficient (Wildman–Crippen LogP) is 4.19. The van der Waals surface area contributed by atoms with Crippen LogP contribution in [0.3, 0.4) is 0 Å². The molecule has 0 radical (unpaired) electrons. The summed E-state index contributed by atoms with van der Waals surface area (Å²) in [5.41, 5.74) is 1.93. The van der Waals surface area contributed by atoms with Crippen LogP contribution in [0.4, 0.5) is 0 Å². The van der Waals surface area contributed by atoms with Crippen molar-refractivity contribution in [3.63, 3.8) is 0 Å². The fraction of sp³-hybridized carbons (Fsp3) is 0.391. The number of Topliss-reactive ketones (excluding diaryl/α,β-unsaturated/α-hetero) is 1. The molecule has 0 saturated carbocycles. The number of carbonyl (C=O) groups excluding carboxylic acids is 2. The van der Waals surface area contributed by atoms with Crippen molar-refractivity contribution in [2.24, 2.45) is 0 Å². The molecule has 1 aromatic carbocycles. The third-order valence-corrected chi connectivity index (χ3v) is 5.13. The van der Waals surface area contributed by atoms with Crippen molar-refractivity contribution in [1.29, 1.82) is 0 Å². The number of ketones is 1. The molecule has 1 aromatic heterocycles. The largest absolute Gasteiger partial charge is 0.503 e. The Morgan fingerprint density at radius 3 is 2.45 bits per heavy atom. The van der Waals surface area contributed by atoms with Gasteiger partial charge in [0.05, 0.1) is 17.9 Å². The van der Waals surface area contributed by atoms with Gasteiger partial charge in [-0.25, -0.2) is 0 Å². The van der Waals surface area contributed by atoms with Crippen LogP contribution in [0.25, 0.3) is 0 Å². The number of benzene rings is 1. The highest BCUT2D eigenvalue weighted by molar-refractivity contribution is 6.15. The molecule has 29 heavy (non-hydrogen) atoms. The number of aliphatic hydroxyl groups is 1. The van der Waals surface area contributed by atoms with Gasteiger partial charge in [-0.05, 0) is 35.1 Å². The van der Waals surface area contributed by atoms with E-state index in [0.717, 1.165) is 11.1 Å². The maximum absolute atomic E-state index is 13.0. The van der Waals surface area contributed by atoms with Crippen molar-refractivity contribution in [3.8, 4) is 0 Å². The Hall–Kier alpha value is -2.86. The fourth-order valence-corrected chi connectivity index (χ4v) is 3.55. The first-order valence-corrected chi connectivity index (χ1v) is 9.67. The SMILES string of the molecule is COCCCN1C(=O)C(O)=C(C(=O)c2ccco2)C1c1ccc(C(C)(C)C)cc1. The summed E-state index contributed by atoms with van der Waals surface area (Å²) in [7, 11) is 1.59. The molecule has 0 aliphatic carbocycles. The lowest BCUT2D eigenvalue weighted by molar-refractivity contribution is -0.129. The van der Waals surface area contributed by atoms with Gasteiger partial charge in [0.25, 0.3) is 5.91 Å². The Kier molecular flexibility index (Phi) is 5.94. The van der Waals surface area contributed by atoms with Crippen LogP contribution in [0.2, 0.25) is 0 Å². The van der Waals surface area contributed by atoms with Gasteiger partial charge in [-0.3, -0.25) is 9.59 Å². The van der Waals surface area contributed by atoms with Gasteiger partial charge in [0.1, 0.15) is 0 Å². The van der Waals surface area contributed by atoms with E-state index < -0.39 is 23.5 Å². The summed E-state index contributed by atoms with van der Waals surface area (Å²) in [6.45, 7) is 7.19. The number of nitrogens with zero attached hydrogens (tertiary/aromatic N) is 1. The first kappa shape index (κ1) is 20.9. The zero-order valence-electron chi connectivity index (χ0n) is 17.3. The van der Waals surface area contributed by atoms with Crippen LogP contribution in [-0.2, 0) is 14.9 Å². The summed E-state index contributed by atoms with van der Waals surface area (Å²) in [5, 5.41) is 10.6. The topological polar surface area (TPSA) is 80.0 Å². The molecule has 154 valence electrons. The molecule has 1 aliphatic heterocycles. The third kappa shape index (κ3) is 4.12. The van der Waals surface area contributed by atoms with E-state index in [1.807, 2.05) is 24.3 Å². The number of hydrogen-bond donors (Lipinski definition) is 1. The molecule has 0 bridgehead atoms. The minimum absolute atomic E-state index is 0.0209. The van der Waals surface area contributed by atoms with E-state index in [2.05, 4.69) is 20.8 Å². The number of hydrogen-bond acceptors (Lipinski definition) is 5. The molecule has 1 unspecified atom stereocenters. The van der Waals surface area contributed by atoms with Gasteiger partial charge in [-0.1, -0.05) is 45.0 Å². The highest BCUT2D eigenvalue weighted by Crippen LogP contribution is 2.39. The molecular weight excluding hydrogens is 370 g/mol. The van der Waals surface area contributed by atoms with Crippen LogP contribution in [0.5, 0.6) is 0 Å². The average molecular weight is 397 g/mol. The minimum atomic E-state index is -0.675. The van der Waals surface area contributed by atoms with Gasteiger partial charge in [0.15, 0.2) is 11.5 Å². The number of furan rings is 1. The number of ether oxygens (including phenoxy) is 1. The van der Waals surface area contributed by atoms with E-state index in [1.165, 1.54) is 17.2 Å². The van der Waals surface area contributed by atoms with Gasteiger partial charge in [0, 0.05) is 20.3 Å². The standard InChI is InChI=1S/C23H27NO5/c1-23(2,3)16-10-8-15(9-11-16)19-18(20(25)17-7-5-14-29-17)21(26)22(27)24(19)12-6-13-28-4/h5,7-11,14,19,26H,6,12-13H2,1-4H3. The van der Waals surface area contributed by atoms with Crippen molar-refractivity contribution >= 4 is 11.7 Å². The Balaban J connectivity index is 2.02. The monoisotopic (exact) mass is 397 g/mol. The summed E-state index contributed by atoms with van der Waals surface area (Å²) < 4.78 is 10.3. The van der Waals surface area contributed by atoms with Crippen LogP contribution in [0.15, 0.2) is 58.4 Å². The molecule has 3 rings (SSSR count). The molecular formula is C23H27NO5. The zero-order valence-corrected chi connectivity index (χ0v) is 17.3. The summed E-state index contributed by atoms with van der Waals surface area (Å²) in [6.07, 6.45) is 1.99. The zero-order chi connectivity index (χ0) is 21.2. The van der Waals surface area contributed by atoms with Gasteiger partial charge < -0.3 is 19.2 Å². The second kappa shape index (κ2) is 8.25. The normalized spacial score (nSPS) is 17.3. The maximum atomic E-state index is 13.0. The summed E-state index contributed by atoms with van der Waals surface area (Å²) in [4.78, 5) is 27.3. The van der Waals surface area contributed by atoms with Crippen molar-refractivity contribution in [3.05, 3.63) is 70.9 Å². The Morgan fingerprint density at radius 2 is 1.90 bits per heavy atom. The van der Waals surface area contributed by atoms with Crippen molar-refractivity contribution in [1.82, 2.24) is 4.90 Å². The quantitative estimate of drug-likeness (QED) is 0.560. The van der Waals surface area contributed by atoms with Crippen LogP contribution < -0.4 is 0 Å². The molecule has 6 nitrogen and oxygen atoms in total. The molecule has 2 heterocycles. The minimum Gasteiger partial charge on any atom is -0.503 e. The van der Waals surface area contributed by atoms with Crippen molar-refractivity contribution < 1.29 is 23.8 Å². The summed E-state index contributed by atoms with van der Waals surface area (Å²) in [5.74, 6) is -1.47. The molecule has 1 amide bonds. The lowest BCUT2D eigenvalue weighted by Crippen LogP contribution is -2.32. The molecule has 1 N–H and O–H groups in total. The second-order valence-electron chi connectivity index (χ2n) is 8.19. The Labute approximate surface area is 170 Å². The van der Waals surface area contributed by atoms with Gasteiger partial charge >= 0.3 is 0 Å². The lowest BCUT2D eigenvalue weighted by atomic mass is 9.85. The van der Waals surface area contributed by atoms with E-state index in [9.17, 15) is 14.7 Å². The van der Waals surface area contributed by atoms with Crippen molar-refractivity contribution in [2.45, 2.75) is 38.6 Å². The first-order valence-electron chi connectivity index (χ1n) is 9.67. The number of carbonyl (C=O) groups is 2. The van der Waals surface area contributed by atoms with E-state index in [-0.39, 0.29) is 16.7 Å². The average Bonchev–Trinajstić information content (AvgIpc) is 3.30. The van der Waals surface area contributed by atoms with Gasteiger partial charge in [-0.15, -0.1) is 0 Å². The molecule has 2 aromatic rings. The summed E-state index contributed by atoms with van der Waals surface area (Å²) >= 11 is 0. The van der Waals surface area contributed by atoms with Crippen molar-refractivity contribution in [2.75, 3.05) is 20.3 Å². The number of methoxy groups -OCH3 is 1. The van der Waals surface area contributed by atoms with Gasteiger partial charge in [0.2, 0.25) is 5.78 Å². The van der Waals surface area contributed by atoms with E-state index in [4.69, 9.17) is 9.15 Å². The Morgan fingerprint density at radius 1 is 1.21 bits per heavy atom. The third-order valence-electron chi connectivity index (χ3n) is 5.13. The van der Waals surface area contributed by atoms with Crippen LogP contribution >= 0.6 is 0 Å². The van der Waals surface area contributed by atoms with Gasteiger partial charge in [-0.2, -0.15) is 0 Å². The van der Waals surface area contributed by atoms with Crippen LogP contribution in [-0.4, -0.2) is 42.0 Å². The number of aliphatic hydroxyl groups excluding tert-OH is 1. The molecule has 1 aliphatic rings. The van der Waals surface area contributed by atoms with E-state index in [1.54, 1.807) is 13.2 Å². The number of rotatable bonds is 7. The maximum Gasteiger partial charge on any atom is 0.290 e. The van der Waals surface area contributed by atoms with Crippen LogP contribution in [0.1, 0.15) is 54.9 Å². The predicted molar refractivity (Wildman–Crippen MR) is 109 cm³/mol. The van der Waals surface area contributed by atoms with E-state index in [0.29, 0.717) is 19.6 Å². The fourth-order valence-electron chi connectivity index (χ4n) is 3.55. The van der Waals surface area contributed by atoms with E-state index >= 15 is 0 Å². The highest BCUT2D eigenvalue weighted by atomic mass is 16.5. The highest BCUT2D eigenvalue weighted by Gasteiger charge is 2.44. The lowest BCUT2D eigenvalue weighted by Gasteiger charge is -2.27. The smallest absolute Gasteiger partial charge is 0.290 e. The molecule has 0 fully saturated rings.